The van der Waals surface area contributed by atoms with Gasteiger partial charge in [-0.15, -0.1) is 0 Å². The number of likely N-dealkylation sites (tertiary alicyclic amines) is 1. The molecule has 0 aromatic heterocycles. The Morgan fingerprint density at radius 2 is 1.77 bits per heavy atom. The fraction of sp³-hybridized carbons (Fsp3) is 0.632. The second-order valence-corrected chi connectivity index (χ2v) is 8.96. The number of carbonyl (C=O) groups is 1. The molecule has 1 aromatic carbocycles. The normalized spacial score (nSPS) is 16.4. The van der Waals surface area contributed by atoms with E-state index in [1.165, 1.54) is 30.0 Å². The summed E-state index contributed by atoms with van der Waals surface area (Å²) in [4.78, 5) is 14.6. The third kappa shape index (κ3) is 7.85. The van der Waals surface area contributed by atoms with E-state index in [4.69, 9.17) is 0 Å². The number of amides is 1. The molecule has 1 saturated heterocycles. The lowest BCUT2D eigenvalue weighted by Crippen LogP contribution is -2.40. The third-order valence-electron chi connectivity index (χ3n) is 4.66. The molecular weight excluding hydrogens is 350 g/mol. The smallest absolute Gasteiger partial charge is 0.235 e. The fourth-order valence-electron chi connectivity index (χ4n) is 3.18. The molecule has 0 unspecified atom stereocenters. The van der Waals surface area contributed by atoms with Crippen LogP contribution in [0.5, 0.6) is 0 Å². The van der Waals surface area contributed by atoms with Gasteiger partial charge in [-0.25, -0.2) is 8.42 Å². The molecule has 26 heavy (non-hydrogen) atoms. The van der Waals surface area contributed by atoms with Crippen molar-refractivity contribution in [3.63, 3.8) is 0 Å². The Bertz CT molecular complexity index is 641. The van der Waals surface area contributed by atoms with E-state index in [2.05, 4.69) is 10.2 Å². The lowest BCUT2D eigenvalue weighted by molar-refractivity contribution is -0.121. The van der Waals surface area contributed by atoms with Crippen molar-refractivity contribution in [2.75, 3.05) is 39.0 Å². The van der Waals surface area contributed by atoms with E-state index in [1.807, 2.05) is 30.3 Å². The van der Waals surface area contributed by atoms with E-state index in [9.17, 15) is 13.2 Å². The Morgan fingerprint density at radius 1 is 1.12 bits per heavy atom. The quantitative estimate of drug-likeness (QED) is 0.663. The second kappa shape index (κ2) is 10.6. The van der Waals surface area contributed by atoms with E-state index in [1.54, 1.807) is 0 Å². The fourth-order valence-corrected chi connectivity index (χ4v) is 3.92. The summed E-state index contributed by atoms with van der Waals surface area (Å²) in [5, 5.41) is 2.85. The summed E-state index contributed by atoms with van der Waals surface area (Å²) >= 11 is 0. The van der Waals surface area contributed by atoms with Crippen LogP contribution in [-0.4, -0.2) is 62.5 Å². The average molecular weight is 382 g/mol. The van der Waals surface area contributed by atoms with Crippen LogP contribution in [0.25, 0.3) is 0 Å². The maximum absolute atomic E-state index is 12.2. The van der Waals surface area contributed by atoms with Crippen molar-refractivity contribution in [3.05, 3.63) is 35.9 Å². The highest BCUT2D eigenvalue weighted by Crippen LogP contribution is 2.10. The van der Waals surface area contributed by atoms with Crippen molar-refractivity contribution in [3.8, 4) is 0 Å². The Labute approximate surface area is 157 Å². The highest BCUT2D eigenvalue weighted by molar-refractivity contribution is 7.88. The van der Waals surface area contributed by atoms with E-state index in [-0.39, 0.29) is 19.0 Å². The van der Waals surface area contributed by atoms with Crippen LogP contribution in [0.3, 0.4) is 0 Å². The van der Waals surface area contributed by atoms with Gasteiger partial charge in [0.1, 0.15) is 0 Å². The summed E-state index contributed by atoms with van der Waals surface area (Å²) in [6.07, 6.45) is 7.18. The predicted octanol–water partition coefficient (Wildman–Crippen LogP) is 1.83. The standard InChI is InChI=1S/C19H31N3O3S/c1-26(24,25)22(16-18-10-5-4-6-11-18)17-19(23)20-12-9-15-21-13-7-2-3-8-14-21/h4-6,10-11H,2-3,7-9,12-17H2,1H3,(H,20,23). The van der Waals surface area contributed by atoms with E-state index in [0.29, 0.717) is 6.54 Å². The van der Waals surface area contributed by atoms with E-state index >= 15 is 0 Å². The highest BCUT2D eigenvalue weighted by atomic mass is 32.2. The van der Waals surface area contributed by atoms with Gasteiger partial charge in [-0.05, 0) is 44.5 Å². The van der Waals surface area contributed by atoms with Gasteiger partial charge in [-0.3, -0.25) is 4.79 Å². The topological polar surface area (TPSA) is 69.7 Å². The number of benzene rings is 1. The molecule has 7 heteroatoms. The van der Waals surface area contributed by atoms with Crippen LogP contribution in [-0.2, 0) is 21.4 Å². The molecule has 0 radical (unpaired) electrons. The first kappa shape index (κ1) is 20.9. The first-order valence-electron chi connectivity index (χ1n) is 9.43. The molecule has 0 saturated carbocycles. The van der Waals surface area contributed by atoms with Gasteiger partial charge >= 0.3 is 0 Å². The number of carbonyl (C=O) groups excluding carboxylic acids is 1. The van der Waals surface area contributed by atoms with Gasteiger partial charge in [0.2, 0.25) is 15.9 Å². The number of hydrogen-bond acceptors (Lipinski definition) is 4. The van der Waals surface area contributed by atoms with Gasteiger partial charge in [0.15, 0.2) is 0 Å². The molecule has 1 amide bonds. The van der Waals surface area contributed by atoms with Crippen LogP contribution in [0.15, 0.2) is 30.3 Å². The number of nitrogens with zero attached hydrogens (tertiary/aromatic N) is 2. The molecule has 0 aliphatic carbocycles. The Morgan fingerprint density at radius 3 is 2.38 bits per heavy atom. The van der Waals surface area contributed by atoms with Crippen molar-refractivity contribution >= 4 is 15.9 Å². The summed E-state index contributed by atoms with van der Waals surface area (Å²) in [6.45, 7) is 3.93. The first-order chi connectivity index (χ1) is 12.4. The average Bonchev–Trinajstić information content (AvgIpc) is 2.87. The maximum Gasteiger partial charge on any atom is 0.235 e. The number of nitrogens with one attached hydrogen (secondary N) is 1. The number of sulfonamides is 1. The van der Waals surface area contributed by atoms with Crippen LogP contribution in [0.1, 0.15) is 37.7 Å². The minimum atomic E-state index is -3.45. The minimum Gasteiger partial charge on any atom is -0.355 e. The van der Waals surface area contributed by atoms with E-state index in [0.717, 1.165) is 37.9 Å². The molecule has 1 N–H and O–H groups in total. The summed E-state index contributed by atoms with van der Waals surface area (Å²) in [5.41, 5.74) is 0.867. The zero-order valence-electron chi connectivity index (χ0n) is 15.7. The molecule has 1 fully saturated rings. The molecule has 0 spiro atoms. The molecule has 6 nitrogen and oxygen atoms in total. The van der Waals surface area contributed by atoms with Crippen molar-refractivity contribution < 1.29 is 13.2 Å². The summed E-state index contributed by atoms with van der Waals surface area (Å²) in [7, 11) is -3.45. The second-order valence-electron chi connectivity index (χ2n) is 6.98. The van der Waals surface area contributed by atoms with Crippen LogP contribution in [0.4, 0.5) is 0 Å². The largest absolute Gasteiger partial charge is 0.355 e. The van der Waals surface area contributed by atoms with Gasteiger partial charge in [-0.1, -0.05) is 43.2 Å². The van der Waals surface area contributed by atoms with Crippen LogP contribution in [0, 0.1) is 0 Å². The SMILES string of the molecule is CS(=O)(=O)N(CC(=O)NCCCN1CCCCCC1)Cc1ccccc1. The van der Waals surface area contributed by atoms with Crippen LogP contribution < -0.4 is 5.32 Å². The molecule has 1 aliphatic heterocycles. The lowest BCUT2D eigenvalue weighted by Gasteiger charge is -2.21. The zero-order valence-corrected chi connectivity index (χ0v) is 16.5. The van der Waals surface area contributed by atoms with E-state index < -0.39 is 10.0 Å². The monoisotopic (exact) mass is 381 g/mol. The molecule has 0 atom stereocenters. The Kier molecular flexibility index (Phi) is 8.54. The van der Waals surface area contributed by atoms with Crippen LogP contribution >= 0.6 is 0 Å². The third-order valence-corrected chi connectivity index (χ3v) is 5.86. The Hall–Kier alpha value is -1.44. The van der Waals surface area contributed by atoms with Crippen molar-refractivity contribution in [2.45, 2.75) is 38.6 Å². The molecule has 0 bridgehead atoms. The summed E-state index contributed by atoms with van der Waals surface area (Å²) in [5.74, 6) is -0.248. The first-order valence-corrected chi connectivity index (χ1v) is 11.3. The van der Waals surface area contributed by atoms with Crippen molar-refractivity contribution in [1.29, 1.82) is 0 Å². The molecule has 1 heterocycles. The zero-order chi connectivity index (χ0) is 18.8. The molecule has 2 rings (SSSR count). The van der Waals surface area contributed by atoms with Gasteiger partial charge in [0.25, 0.3) is 0 Å². The van der Waals surface area contributed by atoms with Gasteiger partial charge < -0.3 is 10.2 Å². The maximum atomic E-state index is 12.2. The van der Waals surface area contributed by atoms with Crippen LogP contribution in [0.2, 0.25) is 0 Å². The van der Waals surface area contributed by atoms with Gasteiger partial charge in [0.05, 0.1) is 12.8 Å². The molecule has 1 aliphatic rings. The molecule has 146 valence electrons. The lowest BCUT2D eigenvalue weighted by atomic mass is 10.2. The number of hydrogen-bond donors (Lipinski definition) is 1. The molecular formula is C19H31N3O3S. The summed E-state index contributed by atoms with van der Waals surface area (Å²) in [6, 6.07) is 9.32. The molecule has 1 aromatic rings. The van der Waals surface area contributed by atoms with Gasteiger partial charge in [0, 0.05) is 13.1 Å². The Balaban J connectivity index is 1.74. The predicted molar refractivity (Wildman–Crippen MR) is 104 cm³/mol. The highest BCUT2D eigenvalue weighted by Gasteiger charge is 2.20. The minimum absolute atomic E-state index is 0.141. The van der Waals surface area contributed by atoms with Crippen molar-refractivity contribution in [2.24, 2.45) is 0 Å². The van der Waals surface area contributed by atoms with Crippen molar-refractivity contribution in [1.82, 2.24) is 14.5 Å². The van der Waals surface area contributed by atoms with Gasteiger partial charge in [-0.2, -0.15) is 4.31 Å². The summed E-state index contributed by atoms with van der Waals surface area (Å²) < 4.78 is 25.2. The number of rotatable bonds is 9.